The molecule has 0 aliphatic carbocycles. The van der Waals surface area contributed by atoms with E-state index in [1.54, 1.807) is 13.3 Å². The molecule has 0 atom stereocenters. The topological polar surface area (TPSA) is 77.2 Å². The Kier molecular flexibility index (Phi) is 3.73. The fraction of sp³-hybridized carbons (Fsp3) is 0.385. The van der Waals surface area contributed by atoms with E-state index in [0.29, 0.717) is 22.7 Å². The minimum atomic E-state index is -0.443. The van der Waals surface area contributed by atoms with Gasteiger partial charge in [-0.1, -0.05) is 0 Å². The monoisotopic (exact) mass is 279 g/mol. The lowest BCUT2D eigenvalue weighted by Gasteiger charge is -2.24. The summed E-state index contributed by atoms with van der Waals surface area (Å²) in [6.45, 7) is 4.23. The van der Waals surface area contributed by atoms with Gasteiger partial charge in [0.05, 0.1) is 22.5 Å². The predicted octanol–water partition coefficient (Wildman–Crippen LogP) is 2.03. The molecular weight excluding hydrogens is 262 g/mol. The molecule has 0 aromatic carbocycles. The van der Waals surface area contributed by atoms with E-state index in [-0.39, 0.29) is 5.91 Å². The Morgan fingerprint density at radius 3 is 2.95 bits per heavy atom. The van der Waals surface area contributed by atoms with Crippen molar-refractivity contribution in [3.63, 3.8) is 0 Å². The first-order chi connectivity index (χ1) is 8.94. The van der Waals surface area contributed by atoms with Crippen molar-refractivity contribution in [2.75, 3.05) is 19.5 Å². The van der Waals surface area contributed by atoms with E-state index >= 15 is 0 Å². The molecule has 0 saturated heterocycles. The molecule has 0 aliphatic heterocycles. The van der Waals surface area contributed by atoms with Gasteiger partial charge in [0.15, 0.2) is 0 Å². The number of carbonyl (C=O) groups excluding carboxylic acids is 1. The fourth-order valence-corrected chi connectivity index (χ4v) is 2.85. The Morgan fingerprint density at radius 2 is 2.32 bits per heavy atom. The van der Waals surface area contributed by atoms with Crippen molar-refractivity contribution < 1.29 is 9.53 Å². The molecule has 2 aromatic heterocycles. The van der Waals surface area contributed by atoms with Crippen LogP contribution in [0.3, 0.4) is 0 Å². The van der Waals surface area contributed by atoms with Crippen molar-refractivity contribution in [1.82, 2.24) is 10.3 Å². The van der Waals surface area contributed by atoms with E-state index in [1.807, 2.05) is 26.0 Å². The molecule has 5 nitrogen and oxygen atoms in total. The molecule has 6 heteroatoms. The Morgan fingerprint density at radius 1 is 1.58 bits per heavy atom. The summed E-state index contributed by atoms with van der Waals surface area (Å²) in [5, 5.41) is 2.91. The average molecular weight is 279 g/mol. The number of nitrogens with two attached hydrogens (primary N) is 1. The van der Waals surface area contributed by atoms with Crippen LogP contribution in [0.25, 0.3) is 10.2 Å². The first-order valence-electron chi connectivity index (χ1n) is 5.89. The van der Waals surface area contributed by atoms with Gasteiger partial charge in [-0.2, -0.15) is 0 Å². The molecule has 0 saturated carbocycles. The van der Waals surface area contributed by atoms with Gasteiger partial charge in [0, 0.05) is 13.3 Å². The van der Waals surface area contributed by atoms with E-state index in [1.165, 1.54) is 11.3 Å². The third-order valence-corrected chi connectivity index (χ3v) is 3.80. The summed E-state index contributed by atoms with van der Waals surface area (Å²) in [5.74, 6) is -0.192. The largest absolute Gasteiger partial charge is 0.396 e. The molecule has 19 heavy (non-hydrogen) atoms. The Hall–Kier alpha value is -1.66. The van der Waals surface area contributed by atoms with E-state index in [9.17, 15) is 4.79 Å². The zero-order chi connectivity index (χ0) is 14.0. The minimum absolute atomic E-state index is 0.192. The highest BCUT2D eigenvalue weighted by molar-refractivity contribution is 7.21. The third-order valence-electron chi connectivity index (χ3n) is 2.65. The molecule has 2 aromatic rings. The van der Waals surface area contributed by atoms with Crippen LogP contribution in [0.1, 0.15) is 23.5 Å². The second kappa shape index (κ2) is 5.14. The molecule has 0 radical (unpaired) electrons. The maximum Gasteiger partial charge on any atom is 0.264 e. The highest BCUT2D eigenvalue weighted by atomic mass is 32.1. The highest BCUT2D eigenvalue weighted by Crippen LogP contribution is 2.31. The number of nitrogens with zero attached hydrogens (tertiary/aromatic N) is 1. The third kappa shape index (κ3) is 2.85. The number of nitrogen functional groups attached to an aromatic ring is 1. The van der Waals surface area contributed by atoms with Gasteiger partial charge in [0.2, 0.25) is 0 Å². The Bertz CT molecular complexity index is 607. The number of ether oxygens (including phenoxy) is 1. The highest BCUT2D eigenvalue weighted by Gasteiger charge is 2.24. The maximum atomic E-state index is 12.3. The number of rotatable bonds is 4. The molecule has 0 spiro atoms. The number of hydrogen-bond donors (Lipinski definition) is 2. The van der Waals surface area contributed by atoms with Crippen molar-refractivity contribution in [3.8, 4) is 0 Å². The van der Waals surface area contributed by atoms with Crippen molar-refractivity contribution in [1.29, 1.82) is 0 Å². The number of pyridine rings is 1. The summed E-state index contributed by atoms with van der Waals surface area (Å²) in [5.41, 5.74) is 6.66. The van der Waals surface area contributed by atoms with E-state index in [2.05, 4.69) is 10.3 Å². The van der Waals surface area contributed by atoms with Gasteiger partial charge in [-0.25, -0.2) is 0 Å². The van der Waals surface area contributed by atoms with E-state index in [4.69, 9.17) is 10.5 Å². The quantitative estimate of drug-likeness (QED) is 0.897. The SMILES string of the molecule is COCC(C)(C)NC(=O)c1sc2cccnc2c1N. The van der Waals surface area contributed by atoms with Crippen molar-refractivity contribution in [3.05, 3.63) is 23.2 Å². The lowest BCUT2D eigenvalue weighted by Crippen LogP contribution is -2.46. The molecule has 0 bridgehead atoms. The van der Waals surface area contributed by atoms with Crippen LogP contribution in [0.5, 0.6) is 0 Å². The zero-order valence-corrected chi connectivity index (χ0v) is 12.0. The normalized spacial score (nSPS) is 11.7. The predicted molar refractivity (Wildman–Crippen MR) is 77.5 cm³/mol. The number of hydrogen-bond acceptors (Lipinski definition) is 5. The molecule has 102 valence electrons. The Balaban J connectivity index is 2.29. The number of thiophene rings is 1. The van der Waals surface area contributed by atoms with Crippen LogP contribution >= 0.6 is 11.3 Å². The number of anilines is 1. The molecule has 0 unspecified atom stereocenters. The molecule has 2 heterocycles. The second-order valence-corrected chi connectivity index (χ2v) is 6.02. The second-order valence-electron chi connectivity index (χ2n) is 4.97. The van der Waals surface area contributed by atoms with E-state index < -0.39 is 5.54 Å². The molecule has 1 amide bonds. The van der Waals surface area contributed by atoms with Crippen LogP contribution in [0, 0.1) is 0 Å². The lowest BCUT2D eigenvalue weighted by molar-refractivity contribution is 0.0824. The van der Waals surface area contributed by atoms with Crippen LogP contribution in [-0.2, 0) is 4.74 Å². The minimum Gasteiger partial charge on any atom is -0.396 e. The van der Waals surface area contributed by atoms with Crippen LogP contribution in [0.2, 0.25) is 0 Å². The first kappa shape index (κ1) is 13.8. The summed E-state index contributed by atoms with van der Waals surface area (Å²) in [6.07, 6.45) is 1.67. The summed E-state index contributed by atoms with van der Waals surface area (Å²) in [7, 11) is 1.60. The van der Waals surface area contributed by atoms with Gasteiger partial charge in [-0.3, -0.25) is 9.78 Å². The molecule has 3 N–H and O–H groups in total. The number of aromatic nitrogens is 1. The summed E-state index contributed by atoms with van der Waals surface area (Å²) < 4.78 is 5.99. The Labute approximate surface area is 115 Å². The number of nitrogens with one attached hydrogen (secondary N) is 1. The summed E-state index contributed by atoms with van der Waals surface area (Å²) in [6, 6.07) is 3.73. The van der Waals surface area contributed by atoms with Crippen LogP contribution in [-0.4, -0.2) is 30.1 Å². The smallest absolute Gasteiger partial charge is 0.264 e. The van der Waals surface area contributed by atoms with Gasteiger partial charge < -0.3 is 15.8 Å². The fourth-order valence-electron chi connectivity index (χ4n) is 1.88. The van der Waals surface area contributed by atoms with E-state index in [0.717, 1.165) is 4.70 Å². The summed E-state index contributed by atoms with van der Waals surface area (Å²) in [4.78, 5) is 17.0. The lowest BCUT2D eigenvalue weighted by atomic mass is 10.1. The average Bonchev–Trinajstić information content (AvgIpc) is 2.67. The van der Waals surface area contributed by atoms with Crippen molar-refractivity contribution in [2.45, 2.75) is 19.4 Å². The van der Waals surface area contributed by atoms with Crippen LogP contribution < -0.4 is 11.1 Å². The zero-order valence-electron chi connectivity index (χ0n) is 11.2. The van der Waals surface area contributed by atoms with Crippen molar-refractivity contribution in [2.24, 2.45) is 0 Å². The van der Waals surface area contributed by atoms with Gasteiger partial charge in [0.1, 0.15) is 10.4 Å². The number of methoxy groups -OCH3 is 1. The van der Waals surface area contributed by atoms with Gasteiger partial charge in [-0.15, -0.1) is 11.3 Å². The van der Waals surface area contributed by atoms with Gasteiger partial charge >= 0.3 is 0 Å². The van der Waals surface area contributed by atoms with Crippen molar-refractivity contribution >= 4 is 33.1 Å². The summed E-state index contributed by atoms with van der Waals surface area (Å²) >= 11 is 1.35. The maximum absolute atomic E-state index is 12.3. The molecule has 0 aliphatic rings. The van der Waals surface area contributed by atoms with Crippen LogP contribution in [0.4, 0.5) is 5.69 Å². The standard InChI is InChI=1S/C13H17N3O2S/c1-13(2,7-18-3)16-12(17)11-9(14)10-8(19-11)5-4-6-15-10/h4-6H,7,14H2,1-3H3,(H,16,17). The molecule has 0 fully saturated rings. The number of carbonyl (C=O) groups is 1. The molecule has 2 rings (SSSR count). The number of fused-ring (bicyclic) bond motifs is 1. The first-order valence-corrected chi connectivity index (χ1v) is 6.71. The molecular formula is C13H17N3O2S. The number of amides is 1. The van der Waals surface area contributed by atoms with Crippen LogP contribution in [0.15, 0.2) is 18.3 Å². The van der Waals surface area contributed by atoms with Gasteiger partial charge in [0.25, 0.3) is 5.91 Å². The van der Waals surface area contributed by atoms with Gasteiger partial charge in [-0.05, 0) is 26.0 Å².